The molecule has 0 fully saturated rings. The van der Waals surface area contributed by atoms with E-state index in [1.165, 1.54) is 6.08 Å². The van der Waals surface area contributed by atoms with Crippen molar-refractivity contribution in [3.63, 3.8) is 0 Å². The molecule has 0 heterocycles. The Hall–Kier alpha value is -1.21. The Morgan fingerprint density at radius 2 is 2.00 bits per heavy atom. The van der Waals surface area contributed by atoms with Crippen molar-refractivity contribution in [1.82, 2.24) is 0 Å². The molecule has 3 heteroatoms. The van der Waals surface area contributed by atoms with Crippen molar-refractivity contribution < 1.29 is 13.2 Å². The molecule has 0 aromatic rings. The molecule has 0 aliphatic rings. The average Bonchev–Trinajstić information content (AvgIpc) is 2.14. The van der Waals surface area contributed by atoms with Crippen LogP contribution in [0.4, 0.5) is 13.2 Å². The monoisotopic (exact) mass is 230 g/mol. The highest BCUT2D eigenvalue weighted by atomic mass is 19.4. The lowest BCUT2D eigenvalue weighted by molar-refractivity contribution is -0.126. The number of rotatable bonds is 5. The van der Waals surface area contributed by atoms with Crippen molar-refractivity contribution in [2.75, 3.05) is 0 Å². The number of allylic oxidation sites excluding steroid dienone is 3. The highest BCUT2D eigenvalue weighted by Crippen LogP contribution is 2.24. The molecule has 0 saturated heterocycles. The van der Waals surface area contributed by atoms with Crippen molar-refractivity contribution in [1.29, 1.82) is 0 Å². The highest BCUT2D eigenvalue weighted by molar-refractivity contribution is 5.18. The van der Waals surface area contributed by atoms with Crippen LogP contribution in [-0.4, -0.2) is 6.18 Å². The largest absolute Gasteiger partial charge is 0.393 e. The predicted molar refractivity (Wildman–Crippen MR) is 61.1 cm³/mol. The third kappa shape index (κ3) is 6.31. The SMILES string of the molecule is C=CC(=C=CC(CC)C(=C)C)CC(F)(F)F. The second kappa shape index (κ2) is 6.39. The first-order valence-corrected chi connectivity index (χ1v) is 5.10. The molecule has 0 aliphatic carbocycles. The first-order chi connectivity index (χ1) is 7.30. The third-order valence-corrected chi connectivity index (χ3v) is 2.18. The lowest BCUT2D eigenvalue weighted by atomic mass is 9.98. The van der Waals surface area contributed by atoms with Crippen LogP contribution in [-0.2, 0) is 0 Å². The van der Waals surface area contributed by atoms with Crippen molar-refractivity contribution in [3.8, 4) is 0 Å². The van der Waals surface area contributed by atoms with E-state index in [1.54, 1.807) is 6.08 Å². The Labute approximate surface area is 94.9 Å². The van der Waals surface area contributed by atoms with Gasteiger partial charge in [0.15, 0.2) is 0 Å². The summed E-state index contributed by atoms with van der Waals surface area (Å²) >= 11 is 0. The fourth-order valence-electron chi connectivity index (χ4n) is 1.21. The van der Waals surface area contributed by atoms with Crippen molar-refractivity contribution in [2.24, 2.45) is 5.92 Å². The second-order valence-electron chi connectivity index (χ2n) is 3.69. The van der Waals surface area contributed by atoms with Crippen molar-refractivity contribution in [3.05, 3.63) is 42.2 Å². The van der Waals surface area contributed by atoms with Crippen LogP contribution in [0.25, 0.3) is 0 Å². The summed E-state index contributed by atoms with van der Waals surface area (Å²) in [4.78, 5) is 0. The van der Waals surface area contributed by atoms with Gasteiger partial charge in [-0.15, -0.1) is 5.73 Å². The molecule has 0 N–H and O–H groups in total. The smallest absolute Gasteiger partial charge is 0.171 e. The summed E-state index contributed by atoms with van der Waals surface area (Å²) in [6.07, 6.45) is -1.58. The zero-order valence-corrected chi connectivity index (χ0v) is 9.69. The van der Waals surface area contributed by atoms with Gasteiger partial charge in [0.05, 0.1) is 6.42 Å². The molecule has 0 radical (unpaired) electrons. The molecule has 0 amide bonds. The molecule has 0 saturated carbocycles. The lowest BCUT2D eigenvalue weighted by Gasteiger charge is -2.08. The summed E-state index contributed by atoms with van der Waals surface area (Å²) in [6, 6.07) is 0. The normalized spacial score (nSPS) is 12.6. The van der Waals surface area contributed by atoms with Gasteiger partial charge in [-0.1, -0.05) is 31.7 Å². The zero-order chi connectivity index (χ0) is 12.8. The highest BCUT2D eigenvalue weighted by Gasteiger charge is 2.27. The van der Waals surface area contributed by atoms with Crippen molar-refractivity contribution in [2.45, 2.75) is 32.9 Å². The van der Waals surface area contributed by atoms with Gasteiger partial charge in [0, 0.05) is 11.5 Å². The fraction of sp³-hybridized carbons (Fsp3) is 0.462. The molecule has 16 heavy (non-hydrogen) atoms. The first-order valence-electron chi connectivity index (χ1n) is 5.10. The van der Waals surface area contributed by atoms with Crippen LogP contribution in [0.3, 0.4) is 0 Å². The molecular weight excluding hydrogens is 213 g/mol. The topological polar surface area (TPSA) is 0 Å². The van der Waals surface area contributed by atoms with Crippen LogP contribution in [0.2, 0.25) is 0 Å². The minimum Gasteiger partial charge on any atom is -0.171 e. The minimum atomic E-state index is -4.21. The number of alkyl halides is 3. The zero-order valence-electron chi connectivity index (χ0n) is 9.69. The van der Waals surface area contributed by atoms with E-state index in [1.807, 2.05) is 13.8 Å². The van der Waals surface area contributed by atoms with Crippen molar-refractivity contribution >= 4 is 0 Å². The lowest BCUT2D eigenvalue weighted by Crippen LogP contribution is -2.07. The fourth-order valence-corrected chi connectivity index (χ4v) is 1.21. The quantitative estimate of drug-likeness (QED) is 0.361. The van der Waals surface area contributed by atoms with E-state index in [9.17, 15) is 13.2 Å². The third-order valence-electron chi connectivity index (χ3n) is 2.18. The van der Waals surface area contributed by atoms with E-state index < -0.39 is 12.6 Å². The Bertz CT molecular complexity index is 315. The molecule has 0 aromatic carbocycles. The van der Waals surface area contributed by atoms with Gasteiger partial charge in [-0.05, 0) is 19.4 Å². The Balaban J connectivity index is 4.87. The Kier molecular flexibility index (Phi) is 5.91. The Morgan fingerprint density at radius 1 is 1.44 bits per heavy atom. The first kappa shape index (κ1) is 14.8. The summed E-state index contributed by atoms with van der Waals surface area (Å²) in [7, 11) is 0. The predicted octanol–water partition coefficient (Wildman–Crippen LogP) is 4.81. The van der Waals surface area contributed by atoms with Gasteiger partial charge < -0.3 is 0 Å². The van der Waals surface area contributed by atoms with Crippen LogP contribution >= 0.6 is 0 Å². The maximum absolute atomic E-state index is 12.1. The summed E-state index contributed by atoms with van der Waals surface area (Å²) in [5, 5.41) is 0. The number of hydrogen-bond acceptors (Lipinski definition) is 0. The summed E-state index contributed by atoms with van der Waals surface area (Å²) in [6.45, 7) is 10.9. The molecule has 0 bridgehead atoms. The van der Waals surface area contributed by atoms with Crippen LogP contribution in [0.5, 0.6) is 0 Å². The van der Waals surface area contributed by atoms with E-state index in [-0.39, 0.29) is 11.5 Å². The number of halogens is 3. The number of hydrogen-bond donors (Lipinski definition) is 0. The van der Waals surface area contributed by atoms with Crippen LogP contribution in [0.15, 0.2) is 42.2 Å². The maximum Gasteiger partial charge on any atom is 0.393 e. The standard InChI is InChI=1S/C13H17F3/c1-5-11(9-13(14,15)16)7-8-12(6-2)10(3)4/h5,8,12H,1,3,6,9H2,2,4H3. The second-order valence-corrected chi connectivity index (χ2v) is 3.69. The van der Waals surface area contributed by atoms with E-state index in [2.05, 4.69) is 18.9 Å². The van der Waals surface area contributed by atoms with Gasteiger partial charge in [-0.2, -0.15) is 13.2 Å². The molecule has 0 aromatic heterocycles. The van der Waals surface area contributed by atoms with E-state index in [0.717, 1.165) is 12.0 Å². The molecule has 0 aliphatic heterocycles. The van der Waals surface area contributed by atoms with Gasteiger partial charge in [-0.25, -0.2) is 0 Å². The van der Waals surface area contributed by atoms with Crippen LogP contribution in [0.1, 0.15) is 26.7 Å². The van der Waals surface area contributed by atoms with E-state index in [4.69, 9.17) is 0 Å². The molecule has 0 nitrogen and oxygen atoms in total. The van der Waals surface area contributed by atoms with E-state index >= 15 is 0 Å². The summed E-state index contributed by atoms with van der Waals surface area (Å²) in [5.41, 5.74) is 3.63. The summed E-state index contributed by atoms with van der Waals surface area (Å²) in [5.74, 6) is 0.0724. The molecule has 1 unspecified atom stereocenters. The van der Waals surface area contributed by atoms with Crippen LogP contribution in [0, 0.1) is 5.92 Å². The van der Waals surface area contributed by atoms with E-state index in [0.29, 0.717) is 0 Å². The molecule has 0 rings (SSSR count). The van der Waals surface area contributed by atoms with Gasteiger partial charge in [0.25, 0.3) is 0 Å². The van der Waals surface area contributed by atoms with Gasteiger partial charge >= 0.3 is 6.18 Å². The van der Waals surface area contributed by atoms with Gasteiger partial charge in [0.2, 0.25) is 0 Å². The van der Waals surface area contributed by atoms with Gasteiger partial charge in [0.1, 0.15) is 0 Å². The molecule has 0 spiro atoms. The van der Waals surface area contributed by atoms with Crippen LogP contribution < -0.4 is 0 Å². The molecular formula is C13H17F3. The average molecular weight is 230 g/mol. The molecule has 90 valence electrons. The molecule has 1 atom stereocenters. The Morgan fingerprint density at radius 3 is 2.31 bits per heavy atom. The maximum atomic E-state index is 12.1. The summed E-state index contributed by atoms with van der Waals surface area (Å²) < 4.78 is 36.4. The van der Waals surface area contributed by atoms with Gasteiger partial charge in [-0.3, -0.25) is 0 Å². The minimum absolute atomic E-state index is 0.0622.